The third kappa shape index (κ3) is 7.38. The van der Waals surface area contributed by atoms with Gasteiger partial charge in [-0.15, -0.1) is 0 Å². The van der Waals surface area contributed by atoms with Gasteiger partial charge in [-0.3, -0.25) is 41.9 Å². The Morgan fingerprint density at radius 1 is 0.667 bits per heavy atom. The van der Waals surface area contributed by atoms with Gasteiger partial charge in [0.05, 0.1) is 9.85 Å². The number of thiocarbonyl (C=S) groups is 3. The fourth-order valence-corrected chi connectivity index (χ4v) is 2.42. The number of rotatable bonds is 4. The van der Waals surface area contributed by atoms with E-state index in [0.717, 1.165) is 0 Å². The van der Waals surface area contributed by atoms with Gasteiger partial charge in [0.25, 0.3) is 11.4 Å². The van der Waals surface area contributed by atoms with Gasteiger partial charge >= 0.3 is 0 Å². The Labute approximate surface area is 185 Å². The fraction of sp³-hybridized carbons (Fsp3) is 0. The SMILES string of the molecule is O=[N+]([O-])c1cccc(NC(=S)NNC(=S)NNC(=S)Nc2cccc([N+](=O)[O-])c2)c1. The van der Waals surface area contributed by atoms with Crippen molar-refractivity contribution in [3.8, 4) is 0 Å². The molecule has 12 nitrogen and oxygen atoms in total. The van der Waals surface area contributed by atoms with Crippen LogP contribution >= 0.6 is 36.7 Å². The maximum Gasteiger partial charge on any atom is 0.271 e. The summed E-state index contributed by atoms with van der Waals surface area (Å²) in [6.07, 6.45) is 0. The number of nitrogens with zero attached hydrogens (tertiary/aromatic N) is 2. The van der Waals surface area contributed by atoms with Crippen molar-refractivity contribution in [3.05, 3.63) is 68.8 Å². The smallest absolute Gasteiger partial charge is 0.271 e. The van der Waals surface area contributed by atoms with E-state index in [1.165, 1.54) is 36.4 Å². The second-order valence-electron chi connectivity index (χ2n) is 5.35. The maximum atomic E-state index is 10.8. The van der Waals surface area contributed by atoms with Gasteiger partial charge in [0.1, 0.15) is 0 Å². The van der Waals surface area contributed by atoms with Crippen LogP contribution in [-0.4, -0.2) is 25.2 Å². The Balaban J connectivity index is 1.74. The van der Waals surface area contributed by atoms with Crippen molar-refractivity contribution in [2.75, 3.05) is 10.6 Å². The van der Waals surface area contributed by atoms with E-state index in [4.69, 9.17) is 36.7 Å². The number of hydrazine groups is 2. The summed E-state index contributed by atoms with van der Waals surface area (Å²) in [6.45, 7) is 0. The van der Waals surface area contributed by atoms with E-state index < -0.39 is 9.85 Å². The molecule has 0 aliphatic heterocycles. The van der Waals surface area contributed by atoms with Crippen LogP contribution in [0.5, 0.6) is 0 Å². The Morgan fingerprint density at radius 3 is 1.40 bits per heavy atom. The number of nitrogens with one attached hydrogen (secondary N) is 6. The van der Waals surface area contributed by atoms with Gasteiger partial charge in [0.2, 0.25) is 5.11 Å². The minimum atomic E-state index is -0.519. The summed E-state index contributed by atoms with van der Waals surface area (Å²) in [5.74, 6) is 0. The van der Waals surface area contributed by atoms with E-state index in [9.17, 15) is 20.2 Å². The van der Waals surface area contributed by atoms with Crippen molar-refractivity contribution in [1.29, 1.82) is 0 Å². The lowest BCUT2D eigenvalue weighted by Crippen LogP contribution is -2.53. The van der Waals surface area contributed by atoms with Crippen LogP contribution in [0.3, 0.4) is 0 Å². The molecule has 0 fully saturated rings. The predicted molar refractivity (Wildman–Crippen MR) is 124 cm³/mol. The summed E-state index contributed by atoms with van der Waals surface area (Å²) in [5.41, 5.74) is 11.0. The zero-order valence-electron chi connectivity index (χ0n) is 14.9. The number of hydrogen-bond acceptors (Lipinski definition) is 7. The van der Waals surface area contributed by atoms with Crippen LogP contribution < -0.4 is 32.3 Å². The van der Waals surface area contributed by atoms with Crippen molar-refractivity contribution in [3.63, 3.8) is 0 Å². The van der Waals surface area contributed by atoms with E-state index in [-0.39, 0.29) is 26.7 Å². The molecule has 2 aromatic carbocycles. The summed E-state index contributed by atoms with van der Waals surface area (Å²) in [4.78, 5) is 20.5. The second-order valence-corrected chi connectivity index (χ2v) is 6.58. The van der Waals surface area contributed by atoms with E-state index in [1.807, 2.05) is 0 Å². The van der Waals surface area contributed by atoms with Crippen molar-refractivity contribution in [1.82, 2.24) is 21.7 Å². The third-order valence-corrected chi connectivity index (χ3v) is 3.82. The Bertz CT molecular complexity index is 926. The molecule has 0 heterocycles. The lowest BCUT2D eigenvalue weighted by atomic mass is 10.3. The van der Waals surface area contributed by atoms with Gasteiger partial charge in [-0.25, -0.2) is 0 Å². The molecule has 156 valence electrons. The average molecular weight is 467 g/mol. The van der Waals surface area contributed by atoms with Gasteiger partial charge in [-0.1, -0.05) is 12.1 Å². The first kappa shape index (κ1) is 22.6. The lowest BCUT2D eigenvalue weighted by Gasteiger charge is -2.16. The highest BCUT2D eigenvalue weighted by atomic mass is 32.1. The first-order valence-electron chi connectivity index (χ1n) is 7.93. The molecule has 0 aliphatic carbocycles. The maximum absolute atomic E-state index is 10.8. The van der Waals surface area contributed by atoms with E-state index in [0.29, 0.717) is 11.4 Å². The summed E-state index contributed by atoms with van der Waals surface area (Å²) in [7, 11) is 0. The van der Waals surface area contributed by atoms with Crippen molar-refractivity contribution >= 4 is 74.7 Å². The molecule has 0 spiro atoms. The molecule has 0 saturated carbocycles. The number of hydrogen-bond donors (Lipinski definition) is 6. The van der Waals surface area contributed by atoms with E-state index >= 15 is 0 Å². The minimum Gasteiger partial charge on any atom is -0.331 e. The highest BCUT2D eigenvalue weighted by Crippen LogP contribution is 2.17. The first-order valence-corrected chi connectivity index (χ1v) is 9.16. The number of nitro groups is 2. The molecule has 0 amide bonds. The molecule has 2 aromatic rings. The normalized spacial score (nSPS) is 9.60. The van der Waals surface area contributed by atoms with Gasteiger partial charge in [0, 0.05) is 35.6 Å². The molecule has 6 N–H and O–H groups in total. The van der Waals surface area contributed by atoms with Gasteiger partial charge < -0.3 is 10.6 Å². The molecule has 0 saturated heterocycles. The molecule has 0 aliphatic rings. The predicted octanol–water partition coefficient (Wildman–Crippen LogP) is 2.07. The molecule has 0 radical (unpaired) electrons. The van der Waals surface area contributed by atoms with Crippen molar-refractivity contribution in [2.45, 2.75) is 0 Å². The zero-order valence-corrected chi connectivity index (χ0v) is 17.3. The average Bonchev–Trinajstić information content (AvgIpc) is 2.71. The molecule has 0 atom stereocenters. The van der Waals surface area contributed by atoms with Crippen LogP contribution in [0.2, 0.25) is 0 Å². The highest BCUT2D eigenvalue weighted by Gasteiger charge is 2.08. The summed E-state index contributed by atoms with van der Waals surface area (Å²) in [6, 6.07) is 11.6. The number of benzene rings is 2. The number of nitro benzene ring substituents is 2. The number of non-ortho nitro benzene ring substituents is 2. The molecule has 30 heavy (non-hydrogen) atoms. The van der Waals surface area contributed by atoms with Crippen LogP contribution in [0, 0.1) is 20.2 Å². The molecule has 0 aromatic heterocycles. The van der Waals surface area contributed by atoms with Gasteiger partial charge in [0.15, 0.2) is 10.2 Å². The van der Waals surface area contributed by atoms with Crippen LogP contribution in [0.1, 0.15) is 0 Å². The van der Waals surface area contributed by atoms with Crippen LogP contribution in [0.15, 0.2) is 48.5 Å². The molecule has 0 unspecified atom stereocenters. The van der Waals surface area contributed by atoms with Gasteiger partial charge in [-0.2, -0.15) is 0 Å². The van der Waals surface area contributed by atoms with Crippen LogP contribution in [-0.2, 0) is 0 Å². The molecule has 0 bridgehead atoms. The first-order chi connectivity index (χ1) is 14.2. The van der Waals surface area contributed by atoms with Crippen molar-refractivity contribution < 1.29 is 9.85 Å². The monoisotopic (exact) mass is 466 g/mol. The second kappa shape index (κ2) is 10.7. The fourth-order valence-electron chi connectivity index (χ4n) is 1.98. The Kier molecular flexibility index (Phi) is 8.09. The third-order valence-electron chi connectivity index (χ3n) is 3.21. The summed E-state index contributed by atoms with van der Waals surface area (Å²) >= 11 is 15.2. The van der Waals surface area contributed by atoms with Gasteiger partial charge in [-0.05, 0) is 48.8 Å². The Hall–Kier alpha value is -3.69. The van der Waals surface area contributed by atoms with E-state index in [1.54, 1.807) is 12.1 Å². The Morgan fingerprint density at radius 2 is 1.03 bits per heavy atom. The van der Waals surface area contributed by atoms with Crippen LogP contribution in [0.4, 0.5) is 22.7 Å². The molecule has 15 heteroatoms. The standard InChI is InChI=1S/C15H14N8O4S3/c24-22(25)11-5-1-3-9(7-11)16-13(28)18-20-15(30)21-19-14(29)17-10-4-2-6-12(8-10)23(26)27/h1-8H,(H2,16,18,28)(H2,17,19,29)(H2,20,21,30). The van der Waals surface area contributed by atoms with E-state index in [2.05, 4.69) is 32.3 Å². The summed E-state index contributed by atoms with van der Waals surface area (Å²) in [5, 5.41) is 27.4. The number of anilines is 2. The molecular weight excluding hydrogens is 452 g/mol. The lowest BCUT2D eigenvalue weighted by molar-refractivity contribution is -0.385. The largest absolute Gasteiger partial charge is 0.331 e. The zero-order chi connectivity index (χ0) is 22.1. The van der Waals surface area contributed by atoms with Crippen molar-refractivity contribution in [2.24, 2.45) is 0 Å². The topological polar surface area (TPSA) is 158 Å². The van der Waals surface area contributed by atoms with Crippen LogP contribution in [0.25, 0.3) is 0 Å². The highest BCUT2D eigenvalue weighted by molar-refractivity contribution is 7.81. The summed E-state index contributed by atoms with van der Waals surface area (Å²) < 4.78 is 0. The minimum absolute atomic E-state index is 0.0707. The quantitative estimate of drug-likeness (QED) is 0.221. The molecular formula is C15H14N8O4S3. The molecule has 2 rings (SSSR count).